The van der Waals surface area contributed by atoms with E-state index in [1.54, 1.807) is 0 Å². The summed E-state index contributed by atoms with van der Waals surface area (Å²) in [5.74, 6) is 0. The number of carbonyl (C=O) groups excluding carboxylic acids is 1. The Morgan fingerprint density at radius 1 is 1.40 bits per heavy atom. The smallest absolute Gasteiger partial charge is 0.253 e. The van der Waals surface area contributed by atoms with Crippen LogP contribution in [0.15, 0.2) is 16.1 Å². The number of benzene rings is 1. The van der Waals surface area contributed by atoms with E-state index in [-0.39, 0.29) is 26.1 Å². The summed E-state index contributed by atoms with van der Waals surface area (Å²) in [6.45, 7) is 0.297. The summed E-state index contributed by atoms with van der Waals surface area (Å²) in [6.07, 6.45) is 1.35. The highest BCUT2D eigenvalue weighted by Crippen LogP contribution is 2.36. The summed E-state index contributed by atoms with van der Waals surface area (Å²) in [5.41, 5.74) is 0.315. The van der Waals surface area contributed by atoms with Crippen LogP contribution in [0, 0.1) is 0 Å². The molecule has 1 aromatic carbocycles. The normalized spacial score (nSPS) is 14.9. The molecule has 0 bridgehead atoms. The molecular formula is C11H8Cl3NO4S. The van der Waals surface area contributed by atoms with Crippen LogP contribution in [0.2, 0.25) is 10.0 Å². The van der Waals surface area contributed by atoms with Gasteiger partial charge in [0.15, 0.2) is 9.84 Å². The fraction of sp³-hybridized carbons (Fsp3) is 0.273. The second-order valence-corrected chi connectivity index (χ2v) is 7.17. The van der Waals surface area contributed by atoms with E-state index in [0.717, 1.165) is 12.3 Å². The van der Waals surface area contributed by atoms with Crippen LogP contribution in [-0.2, 0) is 14.7 Å². The molecule has 0 saturated heterocycles. The number of sulfone groups is 1. The van der Waals surface area contributed by atoms with Gasteiger partial charge >= 0.3 is 0 Å². The molecule has 0 amide bonds. The SMILES string of the molecule is CS(=O)(=O)c1c(Cl)cc(C(=O)Cl)c(Cl)c1C1=NOCC1. The summed E-state index contributed by atoms with van der Waals surface area (Å²) in [7, 11) is -3.67. The first-order valence-corrected chi connectivity index (χ1v) is 8.37. The average Bonchev–Trinajstić information content (AvgIpc) is 2.82. The van der Waals surface area contributed by atoms with E-state index in [4.69, 9.17) is 39.6 Å². The van der Waals surface area contributed by atoms with Crippen molar-refractivity contribution >= 4 is 55.6 Å². The Kier molecular flexibility index (Phi) is 4.30. The van der Waals surface area contributed by atoms with Gasteiger partial charge in [-0.1, -0.05) is 28.4 Å². The Balaban J connectivity index is 2.88. The molecule has 0 aromatic heterocycles. The molecule has 0 aliphatic carbocycles. The number of oxime groups is 1. The highest BCUT2D eigenvalue weighted by atomic mass is 35.5. The van der Waals surface area contributed by atoms with Crippen molar-refractivity contribution in [2.24, 2.45) is 5.16 Å². The summed E-state index contributed by atoms with van der Waals surface area (Å²) in [5, 5.41) is 2.67. The van der Waals surface area contributed by atoms with E-state index < -0.39 is 15.1 Å². The van der Waals surface area contributed by atoms with Gasteiger partial charge in [0.1, 0.15) is 6.61 Å². The summed E-state index contributed by atoms with van der Waals surface area (Å²) >= 11 is 17.5. The monoisotopic (exact) mass is 355 g/mol. The molecule has 108 valence electrons. The Labute approximate surface area is 130 Å². The van der Waals surface area contributed by atoms with Crippen LogP contribution in [0.5, 0.6) is 0 Å². The predicted octanol–water partition coefficient (Wildman–Crippen LogP) is 2.90. The minimum Gasteiger partial charge on any atom is -0.395 e. The van der Waals surface area contributed by atoms with Crippen molar-refractivity contribution in [3.05, 3.63) is 27.2 Å². The first kappa shape index (κ1) is 15.6. The van der Waals surface area contributed by atoms with Gasteiger partial charge in [0, 0.05) is 18.2 Å². The molecule has 0 fully saturated rings. The van der Waals surface area contributed by atoms with Gasteiger partial charge in [-0.3, -0.25) is 4.79 Å². The third kappa shape index (κ3) is 2.79. The summed E-state index contributed by atoms with van der Waals surface area (Å²) in [6, 6.07) is 1.13. The highest BCUT2D eigenvalue weighted by Gasteiger charge is 2.29. The largest absolute Gasteiger partial charge is 0.395 e. The van der Waals surface area contributed by atoms with Crippen molar-refractivity contribution in [3.8, 4) is 0 Å². The zero-order chi connectivity index (χ0) is 15.1. The maximum atomic E-state index is 11.9. The van der Waals surface area contributed by atoms with Gasteiger partial charge in [0.2, 0.25) is 0 Å². The van der Waals surface area contributed by atoms with Gasteiger partial charge < -0.3 is 4.84 Å². The number of hydrogen-bond acceptors (Lipinski definition) is 5. The van der Waals surface area contributed by atoms with Crippen LogP contribution in [0.4, 0.5) is 0 Å². The number of nitrogens with zero attached hydrogens (tertiary/aromatic N) is 1. The minimum absolute atomic E-state index is 0.0724. The molecular weight excluding hydrogens is 349 g/mol. The lowest BCUT2D eigenvalue weighted by molar-refractivity contribution is 0.108. The quantitative estimate of drug-likeness (QED) is 0.781. The van der Waals surface area contributed by atoms with Crippen molar-refractivity contribution < 1.29 is 18.0 Å². The zero-order valence-electron chi connectivity index (χ0n) is 10.1. The molecule has 0 unspecified atom stereocenters. The molecule has 0 radical (unpaired) electrons. The van der Waals surface area contributed by atoms with Crippen molar-refractivity contribution in [2.75, 3.05) is 12.9 Å². The molecule has 1 aliphatic rings. The maximum absolute atomic E-state index is 11.9. The molecule has 1 aromatic rings. The molecule has 0 spiro atoms. The van der Waals surface area contributed by atoms with E-state index in [1.807, 2.05) is 0 Å². The molecule has 0 N–H and O–H groups in total. The Morgan fingerprint density at radius 2 is 2.05 bits per heavy atom. The number of halogens is 3. The summed E-state index contributed by atoms with van der Waals surface area (Å²) < 4.78 is 23.8. The second-order valence-electron chi connectivity index (χ2n) is 4.09. The highest BCUT2D eigenvalue weighted by molar-refractivity contribution is 7.91. The predicted molar refractivity (Wildman–Crippen MR) is 76.9 cm³/mol. The summed E-state index contributed by atoms with van der Waals surface area (Å²) in [4.78, 5) is 16.0. The van der Waals surface area contributed by atoms with Gasteiger partial charge in [0.05, 0.1) is 26.2 Å². The lowest BCUT2D eigenvalue weighted by Crippen LogP contribution is -2.12. The number of hydrogen-bond donors (Lipinski definition) is 0. The first-order chi connectivity index (χ1) is 9.23. The molecule has 1 aliphatic heterocycles. The van der Waals surface area contributed by atoms with E-state index in [0.29, 0.717) is 18.7 Å². The maximum Gasteiger partial charge on any atom is 0.253 e. The van der Waals surface area contributed by atoms with Crippen LogP contribution in [0.25, 0.3) is 0 Å². The van der Waals surface area contributed by atoms with Crippen LogP contribution >= 0.6 is 34.8 Å². The van der Waals surface area contributed by atoms with Gasteiger partial charge in [-0.25, -0.2) is 8.42 Å². The van der Waals surface area contributed by atoms with Gasteiger partial charge in [-0.15, -0.1) is 0 Å². The van der Waals surface area contributed by atoms with E-state index in [1.165, 1.54) is 0 Å². The van der Waals surface area contributed by atoms with Gasteiger partial charge in [-0.05, 0) is 17.7 Å². The third-order valence-electron chi connectivity index (χ3n) is 2.65. The molecule has 0 atom stereocenters. The number of rotatable bonds is 3. The van der Waals surface area contributed by atoms with Crippen molar-refractivity contribution in [3.63, 3.8) is 0 Å². The third-order valence-corrected chi connectivity index (χ3v) is 4.82. The lowest BCUT2D eigenvalue weighted by Gasteiger charge is -2.13. The molecule has 20 heavy (non-hydrogen) atoms. The van der Waals surface area contributed by atoms with Crippen LogP contribution in [0.1, 0.15) is 22.3 Å². The van der Waals surface area contributed by atoms with Crippen LogP contribution in [0.3, 0.4) is 0 Å². The molecule has 1 heterocycles. The van der Waals surface area contributed by atoms with Crippen molar-refractivity contribution in [1.29, 1.82) is 0 Å². The Bertz CT molecular complexity index is 728. The molecule has 5 nitrogen and oxygen atoms in total. The topological polar surface area (TPSA) is 72.8 Å². The first-order valence-electron chi connectivity index (χ1n) is 5.34. The second kappa shape index (κ2) is 5.52. The fourth-order valence-corrected chi connectivity index (χ4v) is 4.08. The van der Waals surface area contributed by atoms with Gasteiger partial charge in [-0.2, -0.15) is 0 Å². The Morgan fingerprint density at radius 3 is 2.50 bits per heavy atom. The Hall–Kier alpha value is -0.820. The van der Waals surface area contributed by atoms with Crippen LogP contribution < -0.4 is 0 Å². The standard InChI is InChI=1S/C11H8Cl3NO4S/c1-20(17,18)10-6(12)4-5(11(14)16)9(13)8(10)7-2-3-19-15-7/h4H,2-3H2,1H3. The molecule has 2 rings (SSSR count). The van der Waals surface area contributed by atoms with Gasteiger partial charge in [0.25, 0.3) is 5.24 Å². The zero-order valence-corrected chi connectivity index (χ0v) is 13.2. The molecule has 0 saturated carbocycles. The van der Waals surface area contributed by atoms with E-state index in [2.05, 4.69) is 5.16 Å². The van der Waals surface area contributed by atoms with Crippen molar-refractivity contribution in [2.45, 2.75) is 11.3 Å². The average molecular weight is 357 g/mol. The minimum atomic E-state index is -3.67. The van der Waals surface area contributed by atoms with Crippen molar-refractivity contribution in [1.82, 2.24) is 0 Å². The number of carbonyl (C=O) groups is 1. The lowest BCUT2D eigenvalue weighted by atomic mass is 10.0. The molecule has 9 heteroatoms. The van der Waals surface area contributed by atoms with E-state index in [9.17, 15) is 13.2 Å². The van der Waals surface area contributed by atoms with Crippen LogP contribution in [-0.4, -0.2) is 32.2 Å². The fourth-order valence-electron chi connectivity index (χ4n) is 1.85. The van der Waals surface area contributed by atoms with E-state index >= 15 is 0 Å².